The minimum Gasteiger partial charge on any atom is -0.344 e. The number of allylic oxidation sites excluding steroid dienone is 1. The maximum absolute atomic E-state index is 5.63. The van der Waals surface area contributed by atoms with E-state index in [-0.39, 0.29) is 12.3 Å². The molecule has 0 spiro atoms. The summed E-state index contributed by atoms with van der Waals surface area (Å²) in [5, 5.41) is 0. The molecule has 1 saturated carbocycles. The van der Waals surface area contributed by atoms with E-state index in [2.05, 4.69) is 6.58 Å². The van der Waals surface area contributed by atoms with E-state index in [1.807, 2.05) is 6.92 Å². The van der Waals surface area contributed by atoms with Gasteiger partial charge in [0, 0.05) is 6.04 Å². The van der Waals surface area contributed by atoms with Crippen molar-refractivity contribution >= 4 is 0 Å². The van der Waals surface area contributed by atoms with Crippen LogP contribution in [0.5, 0.6) is 0 Å². The van der Waals surface area contributed by atoms with Crippen molar-refractivity contribution in [2.24, 2.45) is 5.73 Å². The molecule has 0 unspecified atom stereocenters. The normalized spacial score (nSPS) is 15.8. The lowest BCUT2D eigenvalue weighted by Gasteiger charge is -2.15. The topological polar surface area (TPSA) is 96.0 Å². The van der Waals surface area contributed by atoms with Gasteiger partial charge in [-0.1, -0.05) is 25.3 Å². The highest BCUT2D eigenvalue weighted by atomic mass is 14.6. The number of rotatable bonds is 0. The largest absolute Gasteiger partial charge is 0.344 e. The van der Waals surface area contributed by atoms with Crippen LogP contribution in [0.1, 0.15) is 39.0 Å². The maximum Gasteiger partial charge on any atom is 0.00388 e. The Kier molecular flexibility index (Phi) is 19.4. The molecule has 8 N–H and O–H groups in total. The summed E-state index contributed by atoms with van der Waals surface area (Å²) in [6.45, 7) is 5.25. The summed E-state index contributed by atoms with van der Waals surface area (Å²) >= 11 is 0. The number of nitrogens with two attached hydrogens (primary N) is 1. The molecule has 0 aromatic rings. The van der Waals surface area contributed by atoms with E-state index in [1.54, 1.807) is 6.08 Å². The molecule has 12 heavy (non-hydrogen) atoms. The highest BCUT2D eigenvalue weighted by Crippen LogP contribution is 2.14. The molecule has 1 rings (SSSR count). The fourth-order valence-corrected chi connectivity index (χ4v) is 1.13. The van der Waals surface area contributed by atoms with Gasteiger partial charge in [0.25, 0.3) is 0 Å². The van der Waals surface area contributed by atoms with Gasteiger partial charge in [-0.2, -0.15) is 0 Å². The van der Waals surface area contributed by atoms with Gasteiger partial charge in [0.2, 0.25) is 0 Å². The monoisotopic (exact) mass is 175 g/mol. The second-order valence-electron chi connectivity index (χ2n) is 2.81. The van der Waals surface area contributed by atoms with Gasteiger partial charge in [0.05, 0.1) is 0 Å². The average molecular weight is 175 g/mol. The van der Waals surface area contributed by atoms with E-state index in [9.17, 15) is 0 Å². The molecule has 0 aromatic carbocycles. The molecule has 0 amide bonds. The Morgan fingerprint density at radius 1 is 1.17 bits per heavy atom. The summed E-state index contributed by atoms with van der Waals surface area (Å²) in [5.74, 6) is 0. The zero-order valence-corrected chi connectivity index (χ0v) is 8.39. The van der Waals surface area contributed by atoms with Crippen molar-refractivity contribution in [1.29, 1.82) is 0 Å². The van der Waals surface area contributed by atoms with Crippen LogP contribution >= 0.6 is 0 Å². The lowest BCUT2D eigenvalue weighted by atomic mass is 9.97. The van der Waals surface area contributed by atoms with Crippen LogP contribution in [0, 0.1) is 0 Å². The first kappa shape index (κ1) is 17.6. The Bertz CT molecular complexity index is 77.8. The van der Waals surface area contributed by atoms with Gasteiger partial charge in [0.1, 0.15) is 0 Å². The number of hydrogen-bond donors (Lipinski definition) is 3. The summed E-state index contributed by atoms with van der Waals surface area (Å²) in [4.78, 5) is 0. The van der Waals surface area contributed by atoms with Crippen molar-refractivity contribution in [2.45, 2.75) is 45.1 Å². The van der Waals surface area contributed by atoms with E-state index in [0.29, 0.717) is 6.04 Å². The predicted octanol–water partition coefficient (Wildman–Crippen LogP) is 2.79. The molecule has 1 fully saturated rings. The van der Waals surface area contributed by atoms with Gasteiger partial charge in [0.15, 0.2) is 0 Å². The Morgan fingerprint density at radius 3 is 1.67 bits per heavy atom. The molecule has 0 saturated heterocycles. The van der Waals surface area contributed by atoms with Crippen LogP contribution in [0.25, 0.3) is 0 Å². The SMILES string of the molecule is C=CC.N.N.NC1CCCCC1. The van der Waals surface area contributed by atoms with Crippen molar-refractivity contribution in [3.05, 3.63) is 12.7 Å². The van der Waals surface area contributed by atoms with Crippen molar-refractivity contribution in [3.8, 4) is 0 Å². The first-order valence-corrected chi connectivity index (χ1v) is 4.14. The molecule has 1 aliphatic rings. The Labute approximate surface area is 76.6 Å². The smallest absolute Gasteiger partial charge is 0.00388 e. The van der Waals surface area contributed by atoms with Gasteiger partial charge in [-0.3, -0.25) is 0 Å². The third-order valence-electron chi connectivity index (χ3n) is 1.65. The maximum atomic E-state index is 5.63. The van der Waals surface area contributed by atoms with Gasteiger partial charge < -0.3 is 18.0 Å². The quantitative estimate of drug-likeness (QED) is 0.494. The van der Waals surface area contributed by atoms with Gasteiger partial charge in [-0.25, -0.2) is 0 Å². The van der Waals surface area contributed by atoms with Crippen molar-refractivity contribution in [3.63, 3.8) is 0 Å². The predicted molar refractivity (Wildman–Crippen MR) is 57.0 cm³/mol. The second-order valence-corrected chi connectivity index (χ2v) is 2.81. The van der Waals surface area contributed by atoms with Crippen molar-refractivity contribution in [1.82, 2.24) is 12.3 Å². The van der Waals surface area contributed by atoms with Crippen LogP contribution in [0.15, 0.2) is 12.7 Å². The molecule has 3 nitrogen and oxygen atoms in total. The molecule has 0 heterocycles. The van der Waals surface area contributed by atoms with E-state index < -0.39 is 0 Å². The fraction of sp³-hybridized carbons (Fsp3) is 0.778. The minimum absolute atomic E-state index is 0. The molecule has 3 heteroatoms. The molecule has 1 aliphatic carbocycles. The second kappa shape index (κ2) is 13.2. The third kappa shape index (κ3) is 12.3. The fourth-order valence-electron chi connectivity index (χ4n) is 1.13. The van der Waals surface area contributed by atoms with E-state index in [1.165, 1.54) is 32.1 Å². The van der Waals surface area contributed by atoms with E-state index in [0.717, 1.165) is 0 Å². The van der Waals surface area contributed by atoms with E-state index in [4.69, 9.17) is 5.73 Å². The Morgan fingerprint density at radius 2 is 1.50 bits per heavy atom. The van der Waals surface area contributed by atoms with Crippen LogP contribution in [-0.4, -0.2) is 6.04 Å². The van der Waals surface area contributed by atoms with Crippen molar-refractivity contribution in [2.75, 3.05) is 0 Å². The van der Waals surface area contributed by atoms with Crippen LogP contribution in [0.4, 0.5) is 0 Å². The third-order valence-corrected chi connectivity index (χ3v) is 1.65. The van der Waals surface area contributed by atoms with Crippen LogP contribution < -0.4 is 18.0 Å². The Hall–Kier alpha value is -0.380. The summed E-state index contributed by atoms with van der Waals surface area (Å²) in [6.07, 6.45) is 8.41. The Balaban J connectivity index is -0.000000146. The van der Waals surface area contributed by atoms with Crippen LogP contribution in [0.3, 0.4) is 0 Å². The average Bonchev–Trinajstić information content (AvgIpc) is 1.91. The lowest BCUT2D eigenvalue weighted by molar-refractivity contribution is 0.441. The van der Waals surface area contributed by atoms with Gasteiger partial charge in [-0.15, -0.1) is 6.58 Å². The lowest BCUT2D eigenvalue weighted by Crippen LogP contribution is -2.22. The van der Waals surface area contributed by atoms with Gasteiger partial charge in [-0.05, 0) is 19.8 Å². The molecule has 76 valence electrons. The summed E-state index contributed by atoms with van der Waals surface area (Å²) in [7, 11) is 0. The van der Waals surface area contributed by atoms with Gasteiger partial charge >= 0.3 is 0 Å². The van der Waals surface area contributed by atoms with Crippen LogP contribution in [0.2, 0.25) is 0 Å². The standard InChI is InChI=1S/C6H13N.C3H6.2H3N/c7-6-4-2-1-3-5-6;1-3-2;;/h6H,1-5,7H2;3H,1H2,2H3;2*1H3. The molecule has 0 atom stereocenters. The highest BCUT2D eigenvalue weighted by molar-refractivity contribution is 4.66. The van der Waals surface area contributed by atoms with E-state index >= 15 is 0 Å². The summed E-state index contributed by atoms with van der Waals surface area (Å²) in [6, 6.07) is 0.536. The molecule has 0 aromatic heterocycles. The zero-order valence-electron chi connectivity index (χ0n) is 8.39. The van der Waals surface area contributed by atoms with Crippen molar-refractivity contribution < 1.29 is 0 Å². The molecule has 0 radical (unpaired) electrons. The summed E-state index contributed by atoms with van der Waals surface area (Å²) in [5.41, 5.74) is 5.63. The highest BCUT2D eigenvalue weighted by Gasteiger charge is 2.06. The molecule has 0 bridgehead atoms. The zero-order chi connectivity index (χ0) is 7.82. The minimum atomic E-state index is 0. The summed E-state index contributed by atoms with van der Waals surface area (Å²) < 4.78 is 0. The first-order chi connectivity index (χ1) is 4.81. The molecule has 0 aliphatic heterocycles. The molecular weight excluding hydrogens is 150 g/mol. The first-order valence-electron chi connectivity index (χ1n) is 4.14. The molecular formula is C9H25N3. The number of hydrogen-bond acceptors (Lipinski definition) is 3. The van der Waals surface area contributed by atoms with Crippen LogP contribution in [-0.2, 0) is 0 Å².